The Morgan fingerprint density at radius 3 is 2.78 bits per heavy atom. The van der Waals surface area contributed by atoms with Crippen molar-refractivity contribution < 1.29 is 0 Å². The van der Waals surface area contributed by atoms with Crippen LogP contribution in [0.1, 0.15) is 35.7 Å². The third kappa shape index (κ3) is 3.43. The Morgan fingerprint density at radius 2 is 2.11 bits per heavy atom. The van der Waals surface area contributed by atoms with E-state index in [2.05, 4.69) is 41.7 Å². The predicted octanol–water partition coefficient (Wildman–Crippen LogP) is 2.84. The molecule has 0 aliphatic carbocycles. The second-order valence-corrected chi connectivity index (χ2v) is 5.88. The van der Waals surface area contributed by atoms with E-state index in [1.807, 2.05) is 17.7 Å². The van der Waals surface area contributed by atoms with Crippen molar-refractivity contribution in [2.24, 2.45) is 5.73 Å². The minimum atomic E-state index is 0.224. The summed E-state index contributed by atoms with van der Waals surface area (Å²) >= 11 is 1.88. The molecule has 0 bridgehead atoms. The van der Waals surface area contributed by atoms with Gasteiger partial charge in [-0.15, -0.1) is 11.3 Å². The maximum Gasteiger partial charge on any atom is 0.0952 e. The molecule has 1 atom stereocenters. The van der Waals surface area contributed by atoms with Crippen LogP contribution in [-0.2, 0) is 19.4 Å². The molecule has 0 radical (unpaired) electrons. The van der Waals surface area contributed by atoms with Crippen LogP contribution in [0.2, 0.25) is 0 Å². The maximum atomic E-state index is 5.94. The van der Waals surface area contributed by atoms with Gasteiger partial charge in [-0.2, -0.15) is 0 Å². The second-order valence-electron chi connectivity index (χ2n) is 4.63. The maximum absolute atomic E-state index is 5.94. The molecular formula is C14H21N3S. The molecule has 0 amide bonds. The lowest BCUT2D eigenvalue weighted by atomic mass is 10.1. The van der Waals surface area contributed by atoms with Gasteiger partial charge in [0.2, 0.25) is 0 Å². The van der Waals surface area contributed by atoms with Gasteiger partial charge < -0.3 is 10.3 Å². The third-order valence-corrected chi connectivity index (χ3v) is 4.30. The summed E-state index contributed by atoms with van der Waals surface area (Å²) in [4.78, 5) is 7.24. The Bertz CT molecular complexity index is 487. The highest BCUT2D eigenvalue weighted by Gasteiger charge is 2.05. The lowest BCUT2D eigenvalue weighted by molar-refractivity contribution is 0.638. The summed E-state index contributed by atoms with van der Waals surface area (Å²) in [6, 6.07) is 4.65. The number of aryl methyl sites for hydroxylation is 1. The number of imidazole rings is 1. The van der Waals surface area contributed by atoms with Gasteiger partial charge in [-0.3, -0.25) is 0 Å². The van der Waals surface area contributed by atoms with E-state index in [0.29, 0.717) is 0 Å². The fraction of sp³-hybridized carbons (Fsp3) is 0.500. The Labute approximate surface area is 113 Å². The fourth-order valence-corrected chi connectivity index (χ4v) is 2.86. The first-order valence-corrected chi connectivity index (χ1v) is 7.36. The Hall–Kier alpha value is -1.13. The molecule has 0 saturated heterocycles. The molecule has 4 heteroatoms. The lowest BCUT2D eigenvalue weighted by Gasteiger charge is -2.04. The molecule has 2 aromatic heterocycles. The van der Waals surface area contributed by atoms with Crippen LogP contribution in [0.3, 0.4) is 0 Å². The van der Waals surface area contributed by atoms with Crippen molar-refractivity contribution in [2.75, 3.05) is 0 Å². The fourth-order valence-electron chi connectivity index (χ4n) is 1.89. The molecule has 0 aromatic carbocycles. The van der Waals surface area contributed by atoms with Gasteiger partial charge in [0.05, 0.1) is 18.6 Å². The van der Waals surface area contributed by atoms with Gasteiger partial charge in [-0.05, 0) is 25.0 Å². The van der Waals surface area contributed by atoms with Crippen molar-refractivity contribution in [3.05, 3.63) is 40.1 Å². The summed E-state index contributed by atoms with van der Waals surface area (Å²) in [5.41, 5.74) is 7.04. The zero-order valence-corrected chi connectivity index (χ0v) is 11.9. The van der Waals surface area contributed by atoms with E-state index < -0.39 is 0 Å². The van der Waals surface area contributed by atoms with Gasteiger partial charge in [0, 0.05) is 28.4 Å². The van der Waals surface area contributed by atoms with Gasteiger partial charge in [-0.25, -0.2) is 4.98 Å². The lowest BCUT2D eigenvalue weighted by Crippen LogP contribution is -2.21. The van der Waals surface area contributed by atoms with Gasteiger partial charge in [0.1, 0.15) is 0 Å². The van der Waals surface area contributed by atoms with Crippen molar-refractivity contribution in [3.8, 4) is 0 Å². The van der Waals surface area contributed by atoms with Crippen molar-refractivity contribution in [3.63, 3.8) is 0 Å². The van der Waals surface area contributed by atoms with Crippen LogP contribution in [0, 0.1) is 0 Å². The molecular weight excluding hydrogens is 242 g/mol. The van der Waals surface area contributed by atoms with Crippen molar-refractivity contribution in [1.29, 1.82) is 0 Å². The smallest absolute Gasteiger partial charge is 0.0952 e. The number of hydrogen-bond acceptors (Lipinski definition) is 3. The van der Waals surface area contributed by atoms with Crippen LogP contribution in [0.15, 0.2) is 24.7 Å². The molecule has 98 valence electrons. The highest BCUT2D eigenvalue weighted by molar-refractivity contribution is 7.11. The minimum absolute atomic E-state index is 0.224. The average molecular weight is 263 g/mol. The monoisotopic (exact) mass is 263 g/mol. The molecule has 0 saturated carbocycles. The van der Waals surface area contributed by atoms with E-state index in [0.717, 1.165) is 31.5 Å². The van der Waals surface area contributed by atoms with E-state index >= 15 is 0 Å². The molecule has 18 heavy (non-hydrogen) atoms. The van der Waals surface area contributed by atoms with Crippen LogP contribution in [0.25, 0.3) is 0 Å². The van der Waals surface area contributed by atoms with E-state index in [4.69, 9.17) is 5.73 Å². The molecule has 3 nitrogen and oxygen atoms in total. The number of rotatable bonds is 6. The van der Waals surface area contributed by atoms with Crippen molar-refractivity contribution in [1.82, 2.24) is 9.55 Å². The molecule has 0 aliphatic rings. The molecule has 0 spiro atoms. The summed E-state index contributed by atoms with van der Waals surface area (Å²) in [6.07, 6.45) is 7.00. The van der Waals surface area contributed by atoms with Crippen LogP contribution < -0.4 is 5.73 Å². The molecule has 1 unspecified atom stereocenters. The standard InChI is InChI=1S/C14H21N3S/c1-3-11(15)7-12-8-17(10-16-12)9-14-6-5-13(4-2)18-14/h5-6,8,10-11H,3-4,7,9,15H2,1-2H3. The first kappa shape index (κ1) is 13.3. The summed E-state index contributed by atoms with van der Waals surface area (Å²) in [6.45, 7) is 5.22. The SMILES string of the molecule is CCc1ccc(Cn2cnc(CC(N)CC)c2)s1. The van der Waals surface area contributed by atoms with Gasteiger partial charge in [0.25, 0.3) is 0 Å². The van der Waals surface area contributed by atoms with Gasteiger partial charge >= 0.3 is 0 Å². The van der Waals surface area contributed by atoms with E-state index in [-0.39, 0.29) is 6.04 Å². The van der Waals surface area contributed by atoms with E-state index in [9.17, 15) is 0 Å². The van der Waals surface area contributed by atoms with Crippen LogP contribution >= 0.6 is 11.3 Å². The second kappa shape index (κ2) is 6.16. The van der Waals surface area contributed by atoms with Crippen LogP contribution in [-0.4, -0.2) is 15.6 Å². The largest absolute Gasteiger partial charge is 0.332 e. The molecule has 0 fully saturated rings. The minimum Gasteiger partial charge on any atom is -0.332 e. The van der Waals surface area contributed by atoms with E-state index in [1.165, 1.54) is 9.75 Å². The summed E-state index contributed by atoms with van der Waals surface area (Å²) in [5, 5.41) is 0. The molecule has 2 aromatic rings. The van der Waals surface area contributed by atoms with E-state index in [1.54, 1.807) is 0 Å². The molecule has 0 aliphatic heterocycles. The normalized spacial score (nSPS) is 12.8. The zero-order valence-electron chi connectivity index (χ0n) is 11.1. The highest BCUT2D eigenvalue weighted by Crippen LogP contribution is 2.18. The molecule has 2 N–H and O–H groups in total. The molecule has 2 rings (SSSR count). The van der Waals surface area contributed by atoms with Crippen LogP contribution in [0.4, 0.5) is 0 Å². The first-order chi connectivity index (χ1) is 8.71. The van der Waals surface area contributed by atoms with Gasteiger partial charge in [0.15, 0.2) is 0 Å². The van der Waals surface area contributed by atoms with Crippen LogP contribution in [0.5, 0.6) is 0 Å². The predicted molar refractivity (Wildman–Crippen MR) is 77.0 cm³/mol. The summed E-state index contributed by atoms with van der Waals surface area (Å²) in [5.74, 6) is 0. The zero-order chi connectivity index (χ0) is 13.0. The number of nitrogens with two attached hydrogens (primary N) is 1. The Morgan fingerprint density at radius 1 is 1.33 bits per heavy atom. The Balaban J connectivity index is 1.97. The molecule has 2 heterocycles. The summed E-state index contributed by atoms with van der Waals surface area (Å²) in [7, 11) is 0. The number of thiophene rings is 1. The Kier molecular flexibility index (Phi) is 4.55. The average Bonchev–Trinajstić information content (AvgIpc) is 2.99. The number of hydrogen-bond donors (Lipinski definition) is 1. The topological polar surface area (TPSA) is 43.8 Å². The van der Waals surface area contributed by atoms with Crippen molar-refractivity contribution in [2.45, 2.75) is 45.7 Å². The number of nitrogens with zero attached hydrogens (tertiary/aromatic N) is 2. The first-order valence-electron chi connectivity index (χ1n) is 6.55. The summed E-state index contributed by atoms with van der Waals surface area (Å²) < 4.78 is 2.14. The highest BCUT2D eigenvalue weighted by atomic mass is 32.1. The third-order valence-electron chi connectivity index (χ3n) is 3.09. The van der Waals surface area contributed by atoms with Gasteiger partial charge in [-0.1, -0.05) is 13.8 Å². The quantitative estimate of drug-likeness (QED) is 0.871. The number of aromatic nitrogens is 2. The van der Waals surface area contributed by atoms with Crippen molar-refractivity contribution >= 4 is 11.3 Å².